The van der Waals surface area contributed by atoms with Crippen molar-refractivity contribution < 1.29 is 14.7 Å². The van der Waals surface area contributed by atoms with Crippen molar-refractivity contribution in [1.29, 1.82) is 0 Å². The number of aliphatic hydroxyl groups excluding tert-OH is 1. The first-order chi connectivity index (χ1) is 10.7. The molecule has 0 saturated carbocycles. The monoisotopic (exact) mass is 296 g/mol. The zero-order valence-electron chi connectivity index (χ0n) is 11.8. The standard InChI is InChI=1S/C17H16N2O3/c20-15-11-14(12-7-3-1-4-8-12)18-19(15)17(22)16(21)13-9-5-2-6-10-13/h1-10,14,16,18,21H,11H2/t14-,16-/m1/s1. The number of benzene rings is 2. The van der Waals surface area contributed by atoms with E-state index in [0.29, 0.717) is 5.56 Å². The van der Waals surface area contributed by atoms with Gasteiger partial charge in [0.05, 0.1) is 6.04 Å². The molecule has 0 unspecified atom stereocenters. The molecule has 112 valence electrons. The summed E-state index contributed by atoms with van der Waals surface area (Å²) in [7, 11) is 0. The van der Waals surface area contributed by atoms with Gasteiger partial charge in [0.2, 0.25) is 5.91 Å². The normalized spacial score (nSPS) is 19.2. The molecular formula is C17H16N2O3. The number of rotatable bonds is 3. The average Bonchev–Trinajstić information content (AvgIpc) is 2.97. The highest BCUT2D eigenvalue weighted by atomic mass is 16.3. The van der Waals surface area contributed by atoms with Crippen molar-refractivity contribution in [2.45, 2.75) is 18.6 Å². The molecule has 2 aromatic carbocycles. The van der Waals surface area contributed by atoms with Crippen LogP contribution in [0.15, 0.2) is 60.7 Å². The third-order valence-electron chi connectivity index (χ3n) is 3.68. The Kier molecular flexibility index (Phi) is 4.00. The minimum atomic E-state index is -1.35. The molecule has 2 aromatic rings. The van der Waals surface area contributed by atoms with Gasteiger partial charge in [0.1, 0.15) is 0 Å². The average molecular weight is 296 g/mol. The molecule has 5 heteroatoms. The first-order valence-electron chi connectivity index (χ1n) is 7.08. The van der Waals surface area contributed by atoms with Crippen molar-refractivity contribution >= 4 is 11.8 Å². The Morgan fingerprint density at radius 2 is 1.68 bits per heavy atom. The van der Waals surface area contributed by atoms with Crippen molar-refractivity contribution in [2.24, 2.45) is 0 Å². The van der Waals surface area contributed by atoms with E-state index in [9.17, 15) is 14.7 Å². The van der Waals surface area contributed by atoms with Gasteiger partial charge in [-0.25, -0.2) is 10.4 Å². The Bertz CT molecular complexity index is 673. The second-order valence-corrected chi connectivity index (χ2v) is 5.18. The molecule has 22 heavy (non-hydrogen) atoms. The quantitative estimate of drug-likeness (QED) is 0.905. The fraction of sp³-hybridized carbons (Fsp3) is 0.176. The summed E-state index contributed by atoms with van der Waals surface area (Å²) in [6, 6.07) is 17.8. The van der Waals surface area contributed by atoms with Crippen molar-refractivity contribution in [2.75, 3.05) is 0 Å². The summed E-state index contributed by atoms with van der Waals surface area (Å²) in [4.78, 5) is 24.4. The van der Waals surface area contributed by atoms with E-state index >= 15 is 0 Å². The maximum Gasteiger partial charge on any atom is 0.277 e. The lowest BCUT2D eigenvalue weighted by atomic mass is 10.1. The molecule has 2 amide bonds. The lowest BCUT2D eigenvalue weighted by Gasteiger charge is -2.19. The number of hydrazine groups is 1. The summed E-state index contributed by atoms with van der Waals surface area (Å²) in [6.07, 6.45) is -1.16. The van der Waals surface area contributed by atoms with Crippen LogP contribution in [0.5, 0.6) is 0 Å². The molecule has 1 aliphatic heterocycles. The van der Waals surface area contributed by atoms with Gasteiger partial charge >= 0.3 is 0 Å². The van der Waals surface area contributed by atoms with Crippen LogP contribution >= 0.6 is 0 Å². The molecule has 0 aromatic heterocycles. The fourth-order valence-electron chi connectivity index (χ4n) is 2.50. The summed E-state index contributed by atoms with van der Waals surface area (Å²) >= 11 is 0. The largest absolute Gasteiger partial charge is 0.378 e. The van der Waals surface area contributed by atoms with Crippen LogP contribution in [0.3, 0.4) is 0 Å². The van der Waals surface area contributed by atoms with Gasteiger partial charge in [-0.3, -0.25) is 9.59 Å². The van der Waals surface area contributed by atoms with Gasteiger partial charge in [-0.2, -0.15) is 0 Å². The van der Waals surface area contributed by atoms with Gasteiger partial charge in [-0.1, -0.05) is 60.7 Å². The first kappa shape index (κ1) is 14.4. The predicted molar refractivity (Wildman–Crippen MR) is 80.2 cm³/mol. The van der Waals surface area contributed by atoms with E-state index in [4.69, 9.17) is 0 Å². The molecule has 0 radical (unpaired) electrons. The van der Waals surface area contributed by atoms with E-state index < -0.39 is 12.0 Å². The van der Waals surface area contributed by atoms with Gasteiger partial charge < -0.3 is 5.11 Å². The maximum absolute atomic E-state index is 12.3. The number of imide groups is 1. The number of hydrogen-bond donors (Lipinski definition) is 2. The summed E-state index contributed by atoms with van der Waals surface area (Å²) in [5, 5.41) is 11.1. The number of amides is 2. The minimum absolute atomic E-state index is 0.192. The lowest BCUT2D eigenvalue weighted by molar-refractivity contribution is -0.151. The Morgan fingerprint density at radius 1 is 1.09 bits per heavy atom. The number of nitrogens with zero attached hydrogens (tertiary/aromatic N) is 1. The number of aliphatic hydroxyl groups is 1. The molecule has 0 spiro atoms. The topological polar surface area (TPSA) is 69.6 Å². The van der Waals surface area contributed by atoms with Gasteiger partial charge in [0.15, 0.2) is 6.10 Å². The number of hydrogen-bond acceptors (Lipinski definition) is 4. The highest BCUT2D eigenvalue weighted by Crippen LogP contribution is 2.25. The van der Waals surface area contributed by atoms with Crippen molar-refractivity contribution in [3.63, 3.8) is 0 Å². The third kappa shape index (κ3) is 2.77. The second kappa shape index (κ2) is 6.09. The van der Waals surface area contributed by atoms with Crippen molar-refractivity contribution in [1.82, 2.24) is 10.4 Å². The van der Waals surface area contributed by atoms with Crippen molar-refractivity contribution in [3.05, 3.63) is 71.8 Å². The molecule has 0 bridgehead atoms. The van der Waals surface area contributed by atoms with E-state index in [2.05, 4.69) is 5.43 Å². The van der Waals surface area contributed by atoms with Crippen LogP contribution < -0.4 is 5.43 Å². The van der Waals surface area contributed by atoms with E-state index in [0.717, 1.165) is 10.6 Å². The Labute approximate surface area is 128 Å². The van der Waals surface area contributed by atoms with Gasteiger partial charge in [-0.15, -0.1) is 0 Å². The second-order valence-electron chi connectivity index (χ2n) is 5.18. The summed E-state index contributed by atoms with van der Waals surface area (Å²) in [5.41, 5.74) is 4.28. The molecule has 0 aliphatic carbocycles. The van der Waals surface area contributed by atoms with Crippen LogP contribution in [-0.4, -0.2) is 21.9 Å². The maximum atomic E-state index is 12.3. The van der Waals surface area contributed by atoms with E-state index in [1.807, 2.05) is 30.3 Å². The Morgan fingerprint density at radius 3 is 2.32 bits per heavy atom. The van der Waals surface area contributed by atoms with Gasteiger partial charge in [0, 0.05) is 6.42 Å². The molecule has 1 saturated heterocycles. The van der Waals surface area contributed by atoms with E-state index in [1.54, 1.807) is 30.3 Å². The van der Waals surface area contributed by atoms with Crippen LogP contribution in [0.1, 0.15) is 29.7 Å². The van der Waals surface area contributed by atoms with Crippen molar-refractivity contribution in [3.8, 4) is 0 Å². The molecule has 1 heterocycles. The molecule has 3 rings (SSSR count). The molecule has 1 aliphatic rings. The summed E-state index contributed by atoms with van der Waals surface area (Å²) in [5.74, 6) is -0.997. The zero-order chi connectivity index (χ0) is 15.5. The Balaban J connectivity index is 1.75. The lowest BCUT2D eigenvalue weighted by Crippen LogP contribution is -2.43. The van der Waals surface area contributed by atoms with Crippen LogP contribution in [0.4, 0.5) is 0 Å². The third-order valence-corrected chi connectivity index (χ3v) is 3.68. The number of carbonyl (C=O) groups excluding carboxylic acids is 2. The van der Waals surface area contributed by atoms with E-state index in [-0.39, 0.29) is 18.4 Å². The molecule has 5 nitrogen and oxygen atoms in total. The predicted octanol–water partition coefficient (Wildman–Crippen LogP) is 1.72. The molecular weight excluding hydrogens is 280 g/mol. The van der Waals surface area contributed by atoms with Crippen LogP contribution in [0.25, 0.3) is 0 Å². The SMILES string of the molecule is O=C1C[C@H](c2ccccc2)NN1C(=O)[C@H](O)c1ccccc1. The Hall–Kier alpha value is -2.50. The highest BCUT2D eigenvalue weighted by Gasteiger charge is 2.37. The zero-order valence-corrected chi connectivity index (χ0v) is 11.8. The van der Waals surface area contributed by atoms with Crippen LogP contribution in [0.2, 0.25) is 0 Å². The van der Waals surface area contributed by atoms with Crippen LogP contribution in [0, 0.1) is 0 Å². The first-order valence-corrected chi connectivity index (χ1v) is 7.08. The minimum Gasteiger partial charge on any atom is -0.378 e. The number of carbonyl (C=O) groups is 2. The van der Waals surface area contributed by atoms with E-state index in [1.165, 1.54) is 0 Å². The van der Waals surface area contributed by atoms with Gasteiger partial charge in [0.25, 0.3) is 5.91 Å². The highest BCUT2D eigenvalue weighted by molar-refractivity contribution is 5.98. The molecule has 2 N–H and O–H groups in total. The smallest absolute Gasteiger partial charge is 0.277 e. The summed E-state index contributed by atoms with van der Waals surface area (Å²) in [6.45, 7) is 0. The fourth-order valence-corrected chi connectivity index (χ4v) is 2.50. The molecule has 1 fully saturated rings. The summed E-state index contributed by atoms with van der Waals surface area (Å²) < 4.78 is 0. The van der Waals surface area contributed by atoms with Gasteiger partial charge in [-0.05, 0) is 11.1 Å². The molecule has 2 atom stereocenters. The van der Waals surface area contributed by atoms with Crippen LogP contribution in [-0.2, 0) is 9.59 Å². The number of nitrogens with one attached hydrogen (secondary N) is 1.